The Morgan fingerprint density at radius 2 is 2.15 bits per heavy atom. The summed E-state index contributed by atoms with van der Waals surface area (Å²) in [5, 5.41) is 3.66. The third-order valence-electron chi connectivity index (χ3n) is 4.84. The molecule has 1 aliphatic carbocycles. The van der Waals surface area contributed by atoms with Crippen LogP contribution in [0.5, 0.6) is 5.75 Å². The second kappa shape index (κ2) is 5.74. The second-order valence-electron chi connectivity index (χ2n) is 5.93. The van der Waals surface area contributed by atoms with Gasteiger partial charge < -0.3 is 14.8 Å². The molecule has 3 rings (SSSR count). The smallest absolute Gasteiger partial charge is 0.122 e. The van der Waals surface area contributed by atoms with Crippen LogP contribution in [-0.2, 0) is 11.2 Å². The lowest BCUT2D eigenvalue weighted by molar-refractivity contribution is -0.0364. The standard InChI is InChI=1S/C17H25NO2/c1-3-18-16(17(19-2)9-4-5-10-17)14-6-7-15-13(12-14)8-11-20-15/h6-7,12,16,18H,3-5,8-11H2,1-2H3. The molecule has 1 fully saturated rings. The normalized spacial score (nSPS) is 21.5. The molecule has 0 spiro atoms. The number of benzene rings is 1. The van der Waals surface area contributed by atoms with E-state index < -0.39 is 0 Å². The molecule has 0 radical (unpaired) electrons. The van der Waals surface area contributed by atoms with Gasteiger partial charge in [0.1, 0.15) is 5.75 Å². The van der Waals surface area contributed by atoms with Gasteiger partial charge >= 0.3 is 0 Å². The largest absolute Gasteiger partial charge is 0.493 e. The molecule has 1 aromatic carbocycles. The molecular weight excluding hydrogens is 250 g/mol. The lowest BCUT2D eigenvalue weighted by Crippen LogP contribution is -2.43. The Labute approximate surface area is 121 Å². The maximum Gasteiger partial charge on any atom is 0.122 e. The number of rotatable bonds is 5. The second-order valence-corrected chi connectivity index (χ2v) is 5.93. The summed E-state index contributed by atoms with van der Waals surface area (Å²) < 4.78 is 11.6. The average Bonchev–Trinajstić information content (AvgIpc) is 3.13. The van der Waals surface area contributed by atoms with Gasteiger partial charge in [0.05, 0.1) is 18.2 Å². The van der Waals surface area contributed by atoms with Crippen molar-refractivity contribution in [2.45, 2.75) is 50.7 Å². The van der Waals surface area contributed by atoms with E-state index in [1.54, 1.807) is 0 Å². The van der Waals surface area contributed by atoms with Gasteiger partial charge in [-0.1, -0.05) is 31.9 Å². The molecule has 1 aliphatic heterocycles. The van der Waals surface area contributed by atoms with Gasteiger partial charge in [-0.15, -0.1) is 0 Å². The third-order valence-corrected chi connectivity index (χ3v) is 4.84. The topological polar surface area (TPSA) is 30.5 Å². The summed E-state index contributed by atoms with van der Waals surface area (Å²) in [6.07, 6.45) is 5.86. The van der Waals surface area contributed by atoms with Gasteiger partial charge in [-0.05, 0) is 36.6 Å². The summed E-state index contributed by atoms with van der Waals surface area (Å²) in [4.78, 5) is 0. The molecule has 1 unspecified atom stereocenters. The summed E-state index contributed by atoms with van der Waals surface area (Å²) >= 11 is 0. The number of nitrogens with one attached hydrogen (secondary N) is 1. The minimum Gasteiger partial charge on any atom is -0.493 e. The van der Waals surface area contributed by atoms with Crippen LogP contribution in [0, 0.1) is 0 Å². The third kappa shape index (κ3) is 2.33. The van der Waals surface area contributed by atoms with Crippen molar-refractivity contribution >= 4 is 0 Å². The molecule has 0 aromatic heterocycles. The molecular formula is C17H25NO2. The van der Waals surface area contributed by atoms with Crippen LogP contribution in [0.3, 0.4) is 0 Å². The first kappa shape index (κ1) is 13.9. The van der Waals surface area contributed by atoms with Gasteiger partial charge in [-0.2, -0.15) is 0 Å². The van der Waals surface area contributed by atoms with Crippen LogP contribution < -0.4 is 10.1 Å². The van der Waals surface area contributed by atoms with Gasteiger partial charge in [-0.25, -0.2) is 0 Å². The van der Waals surface area contributed by atoms with Crippen LogP contribution in [0.4, 0.5) is 0 Å². The van der Waals surface area contributed by atoms with E-state index >= 15 is 0 Å². The Balaban J connectivity index is 1.93. The Hall–Kier alpha value is -1.06. The lowest BCUT2D eigenvalue weighted by atomic mass is 9.85. The molecule has 110 valence electrons. The van der Waals surface area contributed by atoms with Crippen molar-refractivity contribution in [2.75, 3.05) is 20.3 Å². The van der Waals surface area contributed by atoms with E-state index in [9.17, 15) is 0 Å². The van der Waals surface area contributed by atoms with Gasteiger partial charge in [0.2, 0.25) is 0 Å². The fourth-order valence-electron chi connectivity index (χ4n) is 3.78. The maximum atomic E-state index is 5.99. The summed E-state index contributed by atoms with van der Waals surface area (Å²) in [5.74, 6) is 1.06. The fourth-order valence-corrected chi connectivity index (χ4v) is 3.78. The number of ether oxygens (including phenoxy) is 2. The highest BCUT2D eigenvalue weighted by molar-refractivity contribution is 5.41. The monoisotopic (exact) mass is 275 g/mol. The average molecular weight is 275 g/mol. The van der Waals surface area contributed by atoms with E-state index in [0.717, 1.165) is 38.2 Å². The van der Waals surface area contributed by atoms with Crippen LogP contribution in [0.1, 0.15) is 49.8 Å². The Kier molecular flexibility index (Phi) is 3.99. The van der Waals surface area contributed by atoms with Crippen molar-refractivity contribution in [1.82, 2.24) is 5.32 Å². The SMILES string of the molecule is CCNC(c1ccc2c(c1)CCO2)C1(OC)CCCC1. The van der Waals surface area contributed by atoms with E-state index in [1.807, 2.05) is 7.11 Å². The maximum absolute atomic E-state index is 5.99. The Morgan fingerprint density at radius 3 is 2.85 bits per heavy atom. The predicted octanol–water partition coefficient (Wildman–Crippen LogP) is 3.23. The van der Waals surface area contributed by atoms with Crippen LogP contribution in [0.25, 0.3) is 0 Å². The van der Waals surface area contributed by atoms with Crippen molar-refractivity contribution in [3.63, 3.8) is 0 Å². The quantitative estimate of drug-likeness (QED) is 0.895. The number of hydrogen-bond donors (Lipinski definition) is 1. The minimum absolute atomic E-state index is 0.0380. The van der Waals surface area contributed by atoms with Crippen molar-refractivity contribution in [1.29, 1.82) is 0 Å². The van der Waals surface area contributed by atoms with Gasteiger partial charge in [-0.3, -0.25) is 0 Å². The lowest BCUT2D eigenvalue weighted by Gasteiger charge is -2.37. The van der Waals surface area contributed by atoms with E-state index in [0.29, 0.717) is 0 Å². The highest BCUT2D eigenvalue weighted by Gasteiger charge is 2.42. The highest BCUT2D eigenvalue weighted by Crippen LogP contribution is 2.43. The Morgan fingerprint density at radius 1 is 1.35 bits per heavy atom. The summed E-state index contributed by atoms with van der Waals surface area (Å²) in [5.41, 5.74) is 2.65. The van der Waals surface area contributed by atoms with E-state index in [2.05, 4.69) is 30.4 Å². The molecule has 1 aromatic rings. The number of likely N-dealkylation sites (N-methyl/N-ethyl adjacent to an activating group) is 1. The van der Waals surface area contributed by atoms with Crippen LogP contribution in [0.15, 0.2) is 18.2 Å². The first-order valence-electron chi connectivity index (χ1n) is 7.83. The van der Waals surface area contributed by atoms with Crippen LogP contribution >= 0.6 is 0 Å². The van der Waals surface area contributed by atoms with Crippen LogP contribution in [0.2, 0.25) is 0 Å². The minimum atomic E-state index is -0.0380. The molecule has 1 N–H and O–H groups in total. The zero-order chi connectivity index (χ0) is 14.0. The molecule has 2 aliphatic rings. The van der Waals surface area contributed by atoms with Crippen molar-refractivity contribution in [3.05, 3.63) is 29.3 Å². The van der Waals surface area contributed by atoms with E-state index in [1.165, 1.54) is 24.0 Å². The van der Waals surface area contributed by atoms with E-state index in [4.69, 9.17) is 9.47 Å². The molecule has 0 amide bonds. The molecule has 0 bridgehead atoms. The molecule has 1 heterocycles. The first-order valence-corrected chi connectivity index (χ1v) is 7.83. The zero-order valence-electron chi connectivity index (χ0n) is 12.6. The fraction of sp³-hybridized carbons (Fsp3) is 0.647. The molecule has 3 heteroatoms. The number of fused-ring (bicyclic) bond motifs is 1. The summed E-state index contributed by atoms with van der Waals surface area (Å²) in [6.45, 7) is 3.95. The number of hydrogen-bond acceptors (Lipinski definition) is 3. The molecule has 3 nitrogen and oxygen atoms in total. The predicted molar refractivity (Wildman–Crippen MR) is 80.3 cm³/mol. The van der Waals surface area contributed by atoms with Gasteiger partial charge in [0, 0.05) is 13.5 Å². The van der Waals surface area contributed by atoms with Crippen molar-refractivity contribution in [2.24, 2.45) is 0 Å². The Bertz CT molecular complexity index is 466. The van der Waals surface area contributed by atoms with Crippen molar-refractivity contribution < 1.29 is 9.47 Å². The van der Waals surface area contributed by atoms with Crippen LogP contribution in [-0.4, -0.2) is 25.9 Å². The zero-order valence-corrected chi connectivity index (χ0v) is 12.6. The van der Waals surface area contributed by atoms with Gasteiger partial charge in [0.15, 0.2) is 0 Å². The number of methoxy groups -OCH3 is 1. The van der Waals surface area contributed by atoms with E-state index in [-0.39, 0.29) is 11.6 Å². The molecule has 1 saturated carbocycles. The first-order chi connectivity index (χ1) is 9.79. The molecule has 0 saturated heterocycles. The highest BCUT2D eigenvalue weighted by atomic mass is 16.5. The van der Waals surface area contributed by atoms with Gasteiger partial charge in [0.25, 0.3) is 0 Å². The summed E-state index contributed by atoms with van der Waals surface area (Å²) in [6, 6.07) is 6.93. The molecule has 1 atom stereocenters. The summed E-state index contributed by atoms with van der Waals surface area (Å²) in [7, 11) is 1.87. The van der Waals surface area contributed by atoms with Crippen molar-refractivity contribution in [3.8, 4) is 5.75 Å². The molecule has 20 heavy (non-hydrogen) atoms.